The van der Waals surface area contributed by atoms with Crippen LogP contribution in [0, 0.1) is 19.8 Å². The van der Waals surface area contributed by atoms with Crippen molar-refractivity contribution in [3.05, 3.63) is 107 Å². The van der Waals surface area contributed by atoms with Gasteiger partial charge in [0.25, 0.3) is 10.0 Å². The number of phenolic OH excluding ortho intramolecular Hbond substituents is 1. The van der Waals surface area contributed by atoms with Gasteiger partial charge in [-0.1, -0.05) is 48.6 Å². The summed E-state index contributed by atoms with van der Waals surface area (Å²) >= 11 is 0. The number of hydrogen-bond acceptors (Lipinski definition) is 4. The zero-order chi connectivity index (χ0) is 25.0. The summed E-state index contributed by atoms with van der Waals surface area (Å²) in [5.41, 5.74) is 5.46. The molecular formula is C30H28N2O3S. The Morgan fingerprint density at radius 3 is 2.61 bits per heavy atom. The minimum Gasteiger partial charge on any atom is -0.508 e. The van der Waals surface area contributed by atoms with Gasteiger partial charge in [0.15, 0.2) is 0 Å². The van der Waals surface area contributed by atoms with Crippen LogP contribution in [0.3, 0.4) is 0 Å². The summed E-state index contributed by atoms with van der Waals surface area (Å²) in [4.78, 5) is 0.242. The predicted octanol–water partition coefficient (Wildman–Crippen LogP) is 6.79. The molecule has 2 aliphatic rings. The van der Waals surface area contributed by atoms with Gasteiger partial charge in [-0.25, -0.2) is 8.42 Å². The zero-order valence-electron chi connectivity index (χ0n) is 20.2. The van der Waals surface area contributed by atoms with Gasteiger partial charge in [-0.3, -0.25) is 4.72 Å². The topological polar surface area (TPSA) is 78.4 Å². The smallest absolute Gasteiger partial charge is 0.261 e. The first-order valence-corrected chi connectivity index (χ1v) is 13.7. The first-order chi connectivity index (χ1) is 17.3. The molecule has 1 aliphatic heterocycles. The summed E-state index contributed by atoms with van der Waals surface area (Å²) in [6, 6.07) is 22.5. The van der Waals surface area contributed by atoms with Gasteiger partial charge in [0, 0.05) is 22.9 Å². The molecule has 0 fully saturated rings. The van der Waals surface area contributed by atoms with E-state index >= 15 is 0 Å². The van der Waals surface area contributed by atoms with E-state index in [1.807, 2.05) is 56.3 Å². The number of hydrogen-bond donors (Lipinski definition) is 3. The summed E-state index contributed by atoms with van der Waals surface area (Å²) in [6.45, 7) is 3.97. The highest BCUT2D eigenvalue weighted by atomic mass is 32.2. The summed E-state index contributed by atoms with van der Waals surface area (Å²) in [5, 5.41) is 16.7. The van der Waals surface area contributed by atoms with Crippen LogP contribution in [-0.2, 0) is 10.0 Å². The van der Waals surface area contributed by atoms with Gasteiger partial charge in [-0.05, 0) is 90.0 Å². The monoisotopic (exact) mass is 496 g/mol. The van der Waals surface area contributed by atoms with Gasteiger partial charge < -0.3 is 10.4 Å². The molecule has 4 aromatic rings. The minimum atomic E-state index is -3.75. The molecule has 6 rings (SSSR count). The van der Waals surface area contributed by atoms with Crippen molar-refractivity contribution in [3.63, 3.8) is 0 Å². The molecule has 36 heavy (non-hydrogen) atoms. The van der Waals surface area contributed by atoms with Crippen LogP contribution in [0.4, 0.5) is 11.4 Å². The van der Waals surface area contributed by atoms with Crippen molar-refractivity contribution in [2.24, 2.45) is 5.92 Å². The van der Waals surface area contributed by atoms with E-state index in [1.165, 1.54) is 0 Å². The maximum atomic E-state index is 13.3. The molecule has 0 aromatic heterocycles. The third kappa shape index (κ3) is 3.73. The SMILES string of the molecule is Cc1ccc(NS(=O)(=O)c2ccc3c(c2)C2C=CCC2C(c2c(O)ccc4ccccc24)N3)cc1C. The maximum absolute atomic E-state index is 13.3. The Kier molecular flexibility index (Phi) is 5.30. The van der Waals surface area contributed by atoms with Crippen LogP contribution in [0.15, 0.2) is 89.8 Å². The fourth-order valence-electron chi connectivity index (χ4n) is 5.66. The molecule has 1 heterocycles. The van der Waals surface area contributed by atoms with Crippen LogP contribution < -0.4 is 10.0 Å². The number of phenols is 1. The number of nitrogens with one attached hydrogen (secondary N) is 2. The number of allylic oxidation sites excluding steroid dienone is 2. The summed E-state index contributed by atoms with van der Waals surface area (Å²) in [6.07, 6.45) is 5.19. The zero-order valence-corrected chi connectivity index (χ0v) is 21.0. The third-order valence-corrected chi connectivity index (χ3v) is 9.04. The molecule has 1 aliphatic carbocycles. The third-order valence-electron chi connectivity index (χ3n) is 7.66. The second-order valence-corrected chi connectivity index (χ2v) is 11.5. The van der Waals surface area contributed by atoms with Gasteiger partial charge in [-0.2, -0.15) is 0 Å². The summed E-state index contributed by atoms with van der Waals surface area (Å²) < 4.78 is 29.3. The second-order valence-electron chi connectivity index (χ2n) is 9.85. The highest BCUT2D eigenvalue weighted by Crippen LogP contribution is 2.52. The largest absolute Gasteiger partial charge is 0.508 e. The average molecular weight is 497 g/mol. The van der Waals surface area contributed by atoms with E-state index in [4.69, 9.17) is 0 Å². The number of sulfonamides is 1. The molecule has 182 valence electrons. The Morgan fingerprint density at radius 1 is 0.944 bits per heavy atom. The average Bonchev–Trinajstić information content (AvgIpc) is 3.36. The Labute approximate surface area is 211 Å². The van der Waals surface area contributed by atoms with Gasteiger partial charge in [0.1, 0.15) is 5.75 Å². The van der Waals surface area contributed by atoms with E-state index in [0.717, 1.165) is 45.1 Å². The lowest BCUT2D eigenvalue weighted by Crippen LogP contribution is -2.29. The van der Waals surface area contributed by atoms with Crippen LogP contribution in [0.5, 0.6) is 5.75 Å². The molecule has 0 amide bonds. The van der Waals surface area contributed by atoms with Crippen molar-refractivity contribution in [2.75, 3.05) is 10.0 Å². The van der Waals surface area contributed by atoms with Crippen molar-refractivity contribution in [1.82, 2.24) is 0 Å². The van der Waals surface area contributed by atoms with Crippen LogP contribution in [0.2, 0.25) is 0 Å². The lowest BCUT2D eigenvalue weighted by Gasteiger charge is -2.38. The fourth-order valence-corrected chi connectivity index (χ4v) is 6.74. The highest BCUT2D eigenvalue weighted by Gasteiger charge is 2.40. The molecule has 0 bridgehead atoms. The van der Waals surface area contributed by atoms with E-state index in [2.05, 4.69) is 28.3 Å². The molecule has 3 atom stereocenters. The lowest BCUT2D eigenvalue weighted by atomic mass is 9.76. The first kappa shape index (κ1) is 22.7. The molecule has 0 radical (unpaired) electrons. The highest BCUT2D eigenvalue weighted by molar-refractivity contribution is 7.92. The van der Waals surface area contributed by atoms with Crippen LogP contribution in [0.25, 0.3) is 10.8 Å². The van der Waals surface area contributed by atoms with Crippen molar-refractivity contribution in [2.45, 2.75) is 37.1 Å². The Bertz CT molecular complexity index is 1640. The fraction of sp³-hybridized carbons (Fsp3) is 0.200. The van der Waals surface area contributed by atoms with Gasteiger partial charge >= 0.3 is 0 Å². The van der Waals surface area contributed by atoms with E-state index in [1.54, 1.807) is 24.3 Å². The Hall–Kier alpha value is -3.77. The van der Waals surface area contributed by atoms with Crippen LogP contribution >= 0.6 is 0 Å². The summed E-state index contributed by atoms with van der Waals surface area (Å²) in [7, 11) is -3.75. The van der Waals surface area contributed by atoms with E-state index < -0.39 is 10.0 Å². The number of anilines is 2. The van der Waals surface area contributed by atoms with Gasteiger partial charge in [-0.15, -0.1) is 0 Å². The van der Waals surface area contributed by atoms with Crippen molar-refractivity contribution in [1.29, 1.82) is 0 Å². The minimum absolute atomic E-state index is 0.0568. The van der Waals surface area contributed by atoms with E-state index in [9.17, 15) is 13.5 Å². The molecule has 4 aromatic carbocycles. The molecule has 6 heteroatoms. The first-order valence-electron chi connectivity index (χ1n) is 12.2. The molecule has 3 unspecified atom stereocenters. The second kappa shape index (κ2) is 8.42. The normalized spacial score (nSPS) is 20.6. The number of aromatic hydroxyl groups is 1. The molecule has 0 saturated carbocycles. The number of aryl methyl sites for hydroxylation is 2. The molecular weight excluding hydrogens is 468 g/mol. The number of rotatable bonds is 4. The molecule has 0 spiro atoms. The van der Waals surface area contributed by atoms with Crippen LogP contribution in [-0.4, -0.2) is 13.5 Å². The van der Waals surface area contributed by atoms with Crippen molar-refractivity contribution in [3.8, 4) is 5.75 Å². The standard InChI is InChI=1S/C30H28N2O3S/c1-18-10-12-21(16-19(18)2)32-36(34,35)22-13-14-27-26(17-22)24-8-5-9-25(24)30(31-27)29-23-7-4-3-6-20(23)11-15-28(29)33/h3-8,10-17,24-25,30-33H,9H2,1-2H3. The molecule has 5 nitrogen and oxygen atoms in total. The van der Waals surface area contributed by atoms with E-state index in [0.29, 0.717) is 5.69 Å². The van der Waals surface area contributed by atoms with Crippen LogP contribution in [0.1, 0.15) is 40.6 Å². The van der Waals surface area contributed by atoms with Crippen molar-refractivity contribution < 1.29 is 13.5 Å². The van der Waals surface area contributed by atoms with Crippen molar-refractivity contribution >= 4 is 32.2 Å². The van der Waals surface area contributed by atoms with E-state index in [-0.39, 0.29) is 28.5 Å². The Balaban J connectivity index is 1.39. The van der Waals surface area contributed by atoms with Gasteiger partial charge in [0.2, 0.25) is 0 Å². The summed E-state index contributed by atoms with van der Waals surface area (Å²) in [5.74, 6) is 0.498. The predicted molar refractivity (Wildman–Crippen MR) is 145 cm³/mol. The molecule has 0 saturated heterocycles. The number of fused-ring (bicyclic) bond motifs is 4. The quantitative estimate of drug-likeness (QED) is 0.272. The number of benzene rings is 4. The molecule has 3 N–H and O–H groups in total. The van der Waals surface area contributed by atoms with Gasteiger partial charge in [0.05, 0.1) is 10.9 Å². The maximum Gasteiger partial charge on any atom is 0.261 e. The lowest BCUT2D eigenvalue weighted by molar-refractivity contribution is 0.404. The Morgan fingerprint density at radius 2 is 1.78 bits per heavy atom.